The molecule has 0 saturated carbocycles. The molecular formula is C14H22N2O3. The lowest BCUT2D eigenvalue weighted by atomic mass is 9.91. The highest BCUT2D eigenvalue weighted by Crippen LogP contribution is 2.28. The van der Waals surface area contributed by atoms with Crippen molar-refractivity contribution in [2.24, 2.45) is 0 Å². The fraction of sp³-hybridized carbons (Fsp3) is 0.643. The molecule has 0 spiro atoms. The summed E-state index contributed by atoms with van der Waals surface area (Å²) in [5.74, 6) is 0. The molecule has 5 heteroatoms. The highest BCUT2D eigenvalue weighted by molar-refractivity contribution is 5.27. The van der Waals surface area contributed by atoms with E-state index >= 15 is 0 Å². The van der Waals surface area contributed by atoms with Crippen molar-refractivity contribution in [3.63, 3.8) is 0 Å². The summed E-state index contributed by atoms with van der Waals surface area (Å²) < 4.78 is 7.08. The average molecular weight is 266 g/mol. The van der Waals surface area contributed by atoms with E-state index in [0.29, 0.717) is 25.8 Å². The first-order valence-corrected chi connectivity index (χ1v) is 6.86. The van der Waals surface area contributed by atoms with Gasteiger partial charge in [0.15, 0.2) is 0 Å². The maximum atomic E-state index is 12.0. The van der Waals surface area contributed by atoms with E-state index in [-0.39, 0.29) is 12.2 Å². The van der Waals surface area contributed by atoms with E-state index in [1.807, 2.05) is 17.7 Å². The van der Waals surface area contributed by atoms with E-state index < -0.39 is 0 Å². The second-order valence-electron chi connectivity index (χ2n) is 4.79. The van der Waals surface area contributed by atoms with Crippen molar-refractivity contribution in [2.75, 3.05) is 26.9 Å². The number of pyridine rings is 1. The molecule has 5 nitrogen and oxygen atoms in total. The van der Waals surface area contributed by atoms with Crippen LogP contribution in [0.3, 0.4) is 0 Å². The number of rotatable bonds is 6. The van der Waals surface area contributed by atoms with E-state index in [4.69, 9.17) is 9.84 Å². The minimum absolute atomic E-state index is 0.0175. The van der Waals surface area contributed by atoms with Gasteiger partial charge in [-0.1, -0.05) is 6.07 Å². The van der Waals surface area contributed by atoms with Crippen LogP contribution in [0.4, 0.5) is 0 Å². The molecule has 1 atom stereocenters. The van der Waals surface area contributed by atoms with E-state index in [1.165, 1.54) is 5.56 Å². The Morgan fingerprint density at radius 2 is 2.32 bits per heavy atom. The molecule has 0 fully saturated rings. The molecule has 19 heavy (non-hydrogen) atoms. The molecular weight excluding hydrogens is 244 g/mol. The van der Waals surface area contributed by atoms with E-state index in [2.05, 4.69) is 5.32 Å². The predicted octanol–water partition coefficient (Wildman–Crippen LogP) is 0.454. The van der Waals surface area contributed by atoms with Crippen LogP contribution in [0.15, 0.2) is 16.9 Å². The molecule has 1 aromatic heterocycles. The van der Waals surface area contributed by atoms with Crippen molar-refractivity contribution in [1.29, 1.82) is 0 Å². The summed E-state index contributed by atoms with van der Waals surface area (Å²) in [5.41, 5.74) is 2.39. The van der Waals surface area contributed by atoms with Crippen LogP contribution in [0.2, 0.25) is 0 Å². The monoisotopic (exact) mass is 266 g/mol. The zero-order valence-electron chi connectivity index (χ0n) is 11.4. The normalized spacial score (nSPS) is 18.3. The number of aliphatic hydroxyl groups is 1. The highest BCUT2D eigenvalue weighted by Gasteiger charge is 2.21. The van der Waals surface area contributed by atoms with Crippen molar-refractivity contribution in [2.45, 2.75) is 31.8 Å². The Hall–Kier alpha value is -1.17. The fourth-order valence-corrected chi connectivity index (χ4v) is 2.73. The Morgan fingerprint density at radius 1 is 1.47 bits per heavy atom. The Morgan fingerprint density at radius 3 is 3.05 bits per heavy atom. The van der Waals surface area contributed by atoms with Gasteiger partial charge in [-0.2, -0.15) is 0 Å². The zero-order chi connectivity index (χ0) is 13.7. The van der Waals surface area contributed by atoms with Gasteiger partial charge < -0.3 is 19.7 Å². The summed E-state index contributed by atoms with van der Waals surface area (Å²) in [6.07, 6.45) is 3.16. The summed E-state index contributed by atoms with van der Waals surface area (Å²) in [4.78, 5) is 12.0. The summed E-state index contributed by atoms with van der Waals surface area (Å²) >= 11 is 0. The number of aliphatic hydroxyl groups excluding tert-OH is 1. The predicted molar refractivity (Wildman–Crippen MR) is 73.3 cm³/mol. The molecule has 2 N–H and O–H groups in total. The SMILES string of the molecule is CNC1CCCc2c1ccc(=O)n2CCOCCO. The molecule has 1 unspecified atom stereocenters. The number of hydrogen-bond acceptors (Lipinski definition) is 4. The molecule has 1 aliphatic carbocycles. The van der Waals surface area contributed by atoms with Gasteiger partial charge in [0, 0.05) is 24.3 Å². The zero-order valence-corrected chi connectivity index (χ0v) is 11.4. The van der Waals surface area contributed by atoms with Crippen molar-refractivity contribution < 1.29 is 9.84 Å². The van der Waals surface area contributed by atoms with Gasteiger partial charge >= 0.3 is 0 Å². The quantitative estimate of drug-likeness (QED) is 0.734. The van der Waals surface area contributed by atoms with Gasteiger partial charge in [-0.15, -0.1) is 0 Å². The Balaban J connectivity index is 2.20. The molecule has 0 bridgehead atoms. The second kappa shape index (κ2) is 6.84. The van der Waals surface area contributed by atoms with Crippen molar-refractivity contribution >= 4 is 0 Å². The van der Waals surface area contributed by atoms with Crippen LogP contribution < -0.4 is 10.9 Å². The van der Waals surface area contributed by atoms with Gasteiger partial charge in [-0.3, -0.25) is 4.79 Å². The number of nitrogens with one attached hydrogen (secondary N) is 1. The number of nitrogens with zero attached hydrogens (tertiary/aromatic N) is 1. The van der Waals surface area contributed by atoms with Crippen LogP contribution in [0.5, 0.6) is 0 Å². The maximum Gasteiger partial charge on any atom is 0.250 e. The van der Waals surface area contributed by atoms with Crippen LogP contribution in [0, 0.1) is 0 Å². The third-order valence-electron chi connectivity index (χ3n) is 3.66. The van der Waals surface area contributed by atoms with Crippen molar-refractivity contribution in [3.8, 4) is 0 Å². The first-order chi connectivity index (χ1) is 9.27. The third kappa shape index (κ3) is 3.23. The average Bonchev–Trinajstić information content (AvgIpc) is 2.44. The maximum absolute atomic E-state index is 12.0. The Kier molecular flexibility index (Phi) is 5.13. The first-order valence-electron chi connectivity index (χ1n) is 6.86. The van der Waals surface area contributed by atoms with Crippen LogP contribution >= 0.6 is 0 Å². The van der Waals surface area contributed by atoms with Gasteiger partial charge in [0.2, 0.25) is 0 Å². The van der Waals surface area contributed by atoms with E-state index in [9.17, 15) is 4.79 Å². The molecule has 106 valence electrons. The molecule has 0 aliphatic heterocycles. The minimum atomic E-state index is 0.0175. The lowest BCUT2D eigenvalue weighted by Crippen LogP contribution is -2.31. The number of fused-ring (bicyclic) bond motifs is 1. The lowest BCUT2D eigenvalue weighted by molar-refractivity contribution is 0.0860. The van der Waals surface area contributed by atoms with Crippen molar-refractivity contribution in [1.82, 2.24) is 9.88 Å². The van der Waals surface area contributed by atoms with Crippen LogP contribution in [-0.2, 0) is 17.7 Å². The lowest BCUT2D eigenvalue weighted by Gasteiger charge is -2.27. The van der Waals surface area contributed by atoms with Crippen molar-refractivity contribution in [3.05, 3.63) is 33.7 Å². The molecule has 0 aromatic carbocycles. The minimum Gasteiger partial charge on any atom is -0.394 e. The highest BCUT2D eigenvalue weighted by atomic mass is 16.5. The first kappa shape index (κ1) is 14.2. The molecule has 1 heterocycles. The molecule has 0 amide bonds. The van der Waals surface area contributed by atoms with Gasteiger partial charge in [0.25, 0.3) is 5.56 Å². The fourth-order valence-electron chi connectivity index (χ4n) is 2.73. The van der Waals surface area contributed by atoms with E-state index in [0.717, 1.165) is 25.0 Å². The van der Waals surface area contributed by atoms with E-state index in [1.54, 1.807) is 6.07 Å². The number of aromatic nitrogens is 1. The number of ether oxygens (including phenoxy) is 1. The Labute approximate surface area is 113 Å². The topological polar surface area (TPSA) is 63.5 Å². The summed E-state index contributed by atoms with van der Waals surface area (Å²) in [6, 6.07) is 3.93. The Bertz CT molecular complexity index is 470. The third-order valence-corrected chi connectivity index (χ3v) is 3.66. The largest absolute Gasteiger partial charge is 0.394 e. The standard InChI is InChI=1S/C14H22N2O3/c1-15-12-3-2-4-13-11(12)5-6-14(18)16(13)7-9-19-10-8-17/h5-6,12,15,17H,2-4,7-10H2,1H3. The van der Waals surface area contributed by atoms with Crippen LogP contribution in [0.25, 0.3) is 0 Å². The van der Waals surface area contributed by atoms with Gasteiger partial charge in [-0.25, -0.2) is 0 Å². The molecule has 0 radical (unpaired) electrons. The van der Waals surface area contributed by atoms with Crippen LogP contribution in [0.1, 0.15) is 30.1 Å². The second-order valence-corrected chi connectivity index (χ2v) is 4.79. The summed E-state index contributed by atoms with van der Waals surface area (Å²) in [7, 11) is 1.96. The molecule has 1 aliphatic rings. The van der Waals surface area contributed by atoms with Gasteiger partial charge in [0.1, 0.15) is 0 Å². The summed E-state index contributed by atoms with van der Waals surface area (Å²) in [5, 5.41) is 12.0. The van der Waals surface area contributed by atoms with Gasteiger partial charge in [-0.05, 0) is 31.9 Å². The summed E-state index contributed by atoms with van der Waals surface area (Å²) in [6.45, 7) is 1.35. The molecule has 1 aromatic rings. The van der Waals surface area contributed by atoms with Crippen LogP contribution in [-0.4, -0.2) is 36.5 Å². The molecule has 2 rings (SSSR count). The molecule has 0 saturated heterocycles. The smallest absolute Gasteiger partial charge is 0.250 e. The van der Waals surface area contributed by atoms with Gasteiger partial charge in [0.05, 0.1) is 19.8 Å². The number of hydrogen-bond donors (Lipinski definition) is 2.